The standard InChI is InChI=1S/C12H24/c1-6-9-11(5)12(8-3)10(4)7-2/h10,12H,5-9H2,1-4H3. The van der Waals surface area contributed by atoms with Crippen molar-refractivity contribution in [3.05, 3.63) is 12.2 Å². The van der Waals surface area contributed by atoms with Gasteiger partial charge in [-0.3, -0.25) is 0 Å². The molecule has 2 atom stereocenters. The molecule has 0 nitrogen and oxygen atoms in total. The lowest BCUT2D eigenvalue weighted by Crippen LogP contribution is -2.12. The molecule has 0 aromatic heterocycles. The summed E-state index contributed by atoms with van der Waals surface area (Å²) >= 11 is 0. The minimum Gasteiger partial charge on any atom is -0.0996 e. The first-order valence-corrected chi connectivity index (χ1v) is 5.34. The summed E-state index contributed by atoms with van der Waals surface area (Å²) in [7, 11) is 0. The minimum atomic E-state index is 0.759. The molecule has 0 fully saturated rings. The zero-order chi connectivity index (χ0) is 9.56. The van der Waals surface area contributed by atoms with Gasteiger partial charge in [-0.25, -0.2) is 0 Å². The molecule has 0 saturated carbocycles. The number of rotatable bonds is 6. The van der Waals surface area contributed by atoms with Crippen molar-refractivity contribution in [1.82, 2.24) is 0 Å². The van der Waals surface area contributed by atoms with Crippen LogP contribution in [-0.2, 0) is 0 Å². The highest BCUT2D eigenvalue weighted by molar-refractivity contribution is 5.01. The monoisotopic (exact) mass is 168 g/mol. The highest BCUT2D eigenvalue weighted by atomic mass is 14.2. The van der Waals surface area contributed by atoms with Gasteiger partial charge in [-0.15, -0.1) is 0 Å². The summed E-state index contributed by atoms with van der Waals surface area (Å²) in [6.07, 6.45) is 4.99. The molecule has 0 aliphatic heterocycles. The molecule has 2 unspecified atom stereocenters. The predicted octanol–water partition coefficient (Wildman–Crippen LogP) is 4.42. The molecule has 0 saturated heterocycles. The molecular weight excluding hydrogens is 144 g/mol. The van der Waals surface area contributed by atoms with Gasteiger partial charge in [0, 0.05) is 0 Å². The Morgan fingerprint density at radius 2 is 1.75 bits per heavy atom. The van der Waals surface area contributed by atoms with E-state index in [0.717, 1.165) is 11.8 Å². The second kappa shape index (κ2) is 6.28. The Labute approximate surface area is 78.1 Å². The van der Waals surface area contributed by atoms with Crippen molar-refractivity contribution in [3.8, 4) is 0 Å². The van der Waals surface area contributed by atoms with E-state index in [1.54, 1.807) is 0 Å². The van der Waals surface area contributed by atoms with Gasteiger partial charge in [0.05, 0.1) is 0 Å². The molecule has 0 N–H and O–H groups in total. The normalized spacial score (nSPS) is 15.7. The molecule has 0 bridgehead atoms. The quantitative estimate of drug-likeness (QED) is 0.515. The van der Waals surface area contributed by atoms with Crippen LogP contribution in [0.2, 0.25) is 0 Å². The van der Waals surface area contributed by atoms with Crippen LogP contribution in [0.1, 0.15) is 53.4 Å². The Morgan fingerprint density at radius 1 is 1.17 bits per heavy atom. The van der Waals surface area contributed by atoms with Crippen molar-refractivity contribution in [2.75, 3.05) is 0 Å². The highest BCUT2D eigenvalue weighted by Gasteiger charge is 2.15. The first kappa shape index (κ1) is 11.7. The summed E-state index contributed by atoms with van der Waals surface area (Å²) in [5, 5.41) is 0. The van der Waals surface area contributed by atoms with Crippen LogP contribution in [0.4, 0.5) is 0 Å². The van der Waals surface area contributed by atoms with E-state index in [2.05, 4.69) is 34.3 Å². The van der Waals surface area contributed by atoms with Gasteiger partial charge in [-0.1, -0.05) is 52.7 Å². The third kappa shape index (κ3) is 3.42. The van der Waals surface area contributed by atoms with E-state index in [9.17, 15) is 0 Å². The minimum absolute atomic E-state index is 0.759. The largest absolute Gasteiger partial charge is 0.0996 e. The Bertz CT molecular complexity index is 124. The van der Waals surface area contributed by atoms with Crippen LogP contribution in [0.5, 0.6) is 0 Å². The van der Waals surface area contributed by atoms with E-state index in [1.807, 2.05) is 0 Å². The second-order valence-corrected chi connectivity index (χ2v) is 3.81. The lowest BCUT2D eigenvalue weighted by molar-refractivity contribution is 0.379. The first-order valence-electron chi connectivity index (χ1n) is 5.34. The lowest BCUT2D eigenvalue weighted by atomic mass is 9.82. The summed E-state index contributed by atoms with van der Waals surface area (Å²) < 4.78 is 0. The maximum atomic E-state index is 4.18. The molecule has 0 aliphatic carbocycles. The second-order valence-electron chi connectivity index (χ2n) is 3.81. The molecule has 0 rings (SSSR count). The summed E-state index contributed by atoms with van der Waals surface area (Å²) in [4.78, 5) is 0. The molecular formula is C12H24. The smallest absolute Gasteiger partial charge is 0.0183 e. The van der Waals surface area contributed by atoms with Crippen molar-refractivity contribution in [1.29, 1.82) is 0 Å². The van der Waals surface area contributed by atoms with Gasteiger partial charge < -0.3 is 0 Å². The number of allylic oxidation sites excluding steroid dienone is 1. The third-order valence-electron chi connectivity index (χ3n) is 2.87. The fourth-order valence-corrected chi connectivity index (χ4v) is 1.88. The molecule has 0 heteroatoms. The van der Waals surface area contributed by atoms with Crippen LogP contribution in [0.15, 0.2) is 12.2 Å². The van der Waals surface area contributed by atoms with Crippen molar-refractivity contribution in [3.63, 3.8) is 0 Å². The third-order valence-corrected chi connectivity index (χ3v) is 2.87. The fraction of sp³-hybridized carbons (Fsp3) is 0.833. The maximum absolute atomic E-state index is 4.18. The van der Waals surface area contributed by atoms with Crippen LogP contribution in [0.25, 0.3) is 0 Å². The molecule has 0 radical (unpaired) electrons. The molecule has 0 aliphatic rings. The Balaban J connectivity index is 4.04. The first-order chi connectivity index (χ1) is 5.67. The van der Waals surface area contributed by atoms with Gasteiger partial charge in [0.15, 0.2) is 0 Å². The van der Waals surface area contributed by atoms with Gasteiger partial charge in [0.25, 0.3) is 0 Å². The number of hydrogen-bond donors (Lipinski definition) is 0. The molecule has 72 valence electrons. The molecule has 12 heavy (non-hydrogen) atoms. The van der Waals surface area contributed by atoms with Gasteiger partial charge in [0.2, 0.25) is 0 Å². The lowest BCUT2D eigenvalue weighted by Gasteiger charge is -2.23. The van der Waals surface area contributed by atoms with Crippen molar-refractivity contribution < 1.29 is 0 Å². The van der Waals surface area contributed by atoms with Crippen LogP contribution < -0.4 is 0 Å². The Morgan fingerprint density at radius 3 is 2.08 bits per heavy atom. The average molecular weight is 168 g/mol. The Hall–Kier alpha value is -0.260. The molecule has 0 aromatic rings. The van der Waals surface area contributed by atoms with Crippen molar-refractivity contribution in [2.45, 2.75) is 53.4 Å². The number of hydrogen-bond acceptors (Lipinski definition) is 0. The molecule has 0 amide bonds. The van der Waals surface area contributed by atoms with Gasteiger partial charge in [-0.05, 0) is 24.7 Å². The average Bonchev–Trinajstić information content (AvgIpc) is 2.06. The SMILES string of the molecule is C=C(CCC)C(CC)C(C)CC. The molecule has 0 aromatic carbocycles. The Kier molecular flexibility index (Phi) is 6.14. The fourth-order valence-electron chi connectivity index (χ4n) is 1.88. The van der Waals surface area contributed by atoms with Crippen LogP contribution in [0.3, 0.4) is 0 Å². The zero-order valence-corrected chi connectivity index (χ0v) is 9.19. The summed E-state index contributed by atoms with van der Waals surface area (Å²) in [6, 6.07) is 0. The summed E-state index contributed by atoms with van der Waals surface area (Å²) in [6.45, 7) is 13.3. The topological polar surface area (TPSA) is 0 Å². The van der Waals surface area contributed by atoms with E-state index in [1.165, 1.54) is 31.3 Å². The van der Waals surface area contributed by atoms with Crippen molar-refractivity contribution in [2.24, 2.45) is 11.8 Å². The van der Waals surface area contributed by atoms with Gasteiger partial charge in [-0.2, -0.15) is 0 Å². The van der Waals surface area contributed by atoms with Crippen molar-refractivity contribution >= 4 is 0 Å². The van der Waals surface area contributed by atoms with E-state index in [4.69, 9.17) is 0 Å². The summed E-state index contributed by atoms with van der Waals surface area (Å²) in [5.74, 6) is 1.57. The van der Waals surface area contributed by atoms with Crippen LogP contribution in [-0.4, -0.2) is 0 Å². The van der Waals surface area contributed by atoms with E-state index >= 15 is 0 Å². The van der Waals surface area contributed by atoms with Gasteiger partial charge in [0.1, 0.15) is 0 Å². The maximum Gasteiger partial charge on any atom is -0.0183 e. The van der Waals surface area contributed by atoms with Crippen LogP contribution >= 0.6 is 0 Å². The molecule has 0 spiro atoms. The molecule has 0 heterocycles. The summed E-state index contributed by atoms with van der Waals surface area (Å²) in [5.41, 5.74) is 1.47. The van der Waals surface area contributed by atoms with E-state index in [0.29, 0.717) is 0 Å². The van der Waals surface area contributed by atoms with Gasteiger partial charge >= 0.3 is 0 Å². The highest BCUT2D eigenvalue weighted by Crippen LogP contribution is 2.27. The predicted molar refractivity (Wildman–Crippen MR) is 57.3 cm³/mol. The van der Waals surface area contributed by atoms with E-state index in [-0.39, 0.29) is 0 Å². The van der Waals surface area contributed by atoms with Crippen LogP contribution in [0, 0.1) is 11.8 Å². The zero-order valence-electron chi connectivity index (χ0n) is 9.19. The van der Waals surface area contributed by atoms with E-state index < -0.39 is 0 Å².